The van der Waals surface area contributed by atoms with Gasteiger partial charge < -0.3 is 14.2 Å². The summed E-state index contributed by atoms with van der Waals surface area (Å²) in [6.45, 7) is 6.49. The number of carbonyl (C=O) groups excluding carboxylic acids is 3. The number of hydrogen-bond acceptors (Lipinski definition) is 6. The highest BCUT2D eigenvalue weighted by atomic mass is 16.6. The van der Waals surface area contributed by atoms with E-state index in [0.717, 1.165) is 135 Å². The van der Waals surface area contributed by atoms with Gasteiger partial charge in [0.25, 0.3) is 0 Å². The molecule has 0 aliphatic rings. The summed E-state index contributed by atoms with van der Waals surface area (Å²) in [5, 5.41) is 0. The number of allylic oxidation sites excluding steroid dienone is 22. The summed E-state index contributed by atoms with van der Waals surface area (Å²) in [7, 11) is 0. The van der Waals surface area contributed by atoms with Gasteiger partial charge in [0.15, 0.2) is 6.10 Å². The van der Waals surface area contributed by atoms with E-state index in [9.17, 15) is 14.4 Å². The second kappa shape index (κ2) is 70.0. The van der Waals surface area contributed by atoms with Gasteiger partial charge in [-0.05, 0) is 141 Å². The van der Waals surface area contributed by atoms with Crippen LogP contribution in [0.3, 0.4) is 0 Å². The van der Waals surface area contributed by atoms with E-state index >= 15 is 0 Å². The second-order valence-corrected chi connectivity index (χ2v) is 22.7. The lowest BCUT2D eigenvalue weighted by molar-refractivity contribution is -0.167. The van der Waals surface area contributed by atoms with Gasteiger partial charge in [-0.25, -0.2) is 0 Å². The molecule has 0 heterocycles. The van der Waals surface area contributed by atoms with Gasteiger partial charge in [-0.15, -0.1) is 0 Å². The Hall–Kier alpha value is -4.45. The molecule has 0 aromatic heterocycles. The molecule has 0 fully saturated rings. The van der Waals surface area contributed by atoms with Crippen molar-refractivity contribution in [1.29, 1.82) is 0 Å². The number of rotatable bonds is 62. The van der Waals surface area contributed by atoms with Crippen LogP contribution in [0, 0.1) is 0 Å². The first-order valence-corrected chi connectivity index (χ1v) is 34.7. The Bertz CT molecular complexity index is 1750. The fourth-order valence-electron chi connectivity index (χ4n) is 9.43. The largest absolute Gasteiger partial charge is 0.462 e. The first-order valence-electron chi connectivity index (χ1n) is 34.7. The van der Waals surface area contributed by atoms with Crippen molar-refractivity contribution in [2.24, 2.45) is 0 Å². The van der Waals surface area contributed by atoms with Gasteiger partial charge in [0, 0.05) is 19.3 Å². The van der Waals surface area contributed by atoms with Gasteiger partial charge in [-0.1, -0.05) is 289 Å². The third-order valence-corrected chi connectivity index (χ3v) is 14.6. The van der Waals surface area contributed by atoms with E-state index in [-0.39, 0.29) is 31.1 Å². The second-order valence-electron chi connectivity index (χ2n) is 22.7. The fourth-order valence-corrected chi connectivity index (χ4v) is 9.43. The summed E-state index contributed by atoms with van der Waals surface area (Å²) in [4.78, 5) is 38.4. The highest BCUT2D eigenvalue weighted by Crippen LogP contribution is 2.15. The summed E-state index contributed by atoms with van der Waals surface area (Å²) in [6.07, 6.45) is 98.9. The molecule has 0 amide bonds. The van der Waals surface area contributed by atoms with Gasteiger partial charge in [0.1, 0.15) is 13.2 Å². The maximum Gasteiger partial charge on any atom is 0.306 e. The zero-order valence-corrected chi connectivity index (χ0v) is 54.2. The summed E-state index contributed by atoms with van der Waals surface area (Å²) < 4.78 is 16.9. The van der Waals surface area contributed by atoms with E-state index < -0.39 is 6.10 Å². The third-order valence-electron chi connectivity index (χ3n) is 14.6. The van der Waals surface area contributed by atoms with Crippen LogP contribution in [0.2, 0.25) is 0 Å². The Balaban J connectivity index is 4.45. The Kier molecular flexibility index (Phi) is 66.3. The first-order chi connectivity index (χ1) is 41.0. The van der Waals surface area contributed by atoms with Crippen molar-refractivity contribution >= 4 is 17.9 Å². The van der Waals surface area contributed by atoms with Crippen LogP contribution in [0.5, 0.6) is 0 Å². The lowest BCUT2D eigenvalue weighted by atomic mass is 10.0. The molecule has 0 aromatic carbocycles. The highest BCUT2D eigenvalue weighted by molar-refractivity contribution is 5.71. The molecule has 6 heteroatoms. The molecule has 472 valence electrons. The van der Waals surface area contributed by atoms with Crippen LogP contribution in [0.4, 0.5) is 0 Å². The van der Waals surface area contributed by atoms with Crippen LogP contribution >= 0.6 is 0 Å². The highest BCUT2D eigenvalue weighted by Gasteiger charge is 2.19. The topological polar surface area (TPSA) is 78.9 Å². The number of esters is 3. The van der Waals surface area contributed by atoms with Gasteiger partial charge >= 0.3 is 17.9 Å². The molecule has 1 atom stereocenters. The first kappa shape index (κ1) is 78.5. The van der Waals surface area contributed by atoms with Gasteiger partial charge in [-0.2, -0.15) is 0 Å². The molecule has 0 spiro atoms. The SMILES string of the molecule is CC/C=C\C/C=C\C/C=C\C/C=C\C/C=C\C/C=C\C/C=C\CCCCCC(=O)OCC(COC(=O)CCCCCCC/C=C\CCCCCCCC)OC(=O)CCCCCCCCCCCC/C=C\C/C=C\C/C=C\CCCCCCC. The molecule has 0 rings (SSSR count). The minimum absolute atomic E-state index is 0.0974. The molecule has 0 aliphatic heterocycles. The maximum atomic E-state index is 13.0. The molecule has 0 bridgehead atoms. The van der Waals surface area contributed by atoms with Crippen molar-refractivity contribution in [3.8, 4) is 0 Å². The fraction of sp³-hybridized carbons (Fsp3) is 0.675. The van der Waals surface area contributed by atoms with E-state index in [4.69, 9.17) is 14.2 Å². The Morgan fingerprint density at radius 3 is 0.759 bits per heavy atom. The average molecular weight is 1150 g/mol. The van der Waals surface area contributed by atoms with E-state index in [1.165, 1.54) is 141 Å². The molecule has 0 N–H and O–H groups in total. The Morgan fingerprint density at radius 1 is 0.253 bits per heavy atom. The van der Waals surface area contributed by atoms with Crippen molar-refractivity contribution in [2.75, 3.05) is 13.2 Å². The van der Waals surface area contributed by atoms with E-state index in [1.54, 1.807) is 0 Å². The monoisotopic (exact) mass is 1150 g/mol. The quantitative estimate of drug-likeness (QED) is 0.0261. The zero-order chi connectivity index (χ0) is 59.9. The van der Waals surface area contributed by atoms with Gasteiger partial charge in [0.05, 0.1) is 0 Å². The molecule has 0 saturated heterocycles. The van der Waals surface area contributed by atoms with E-state index in [1.807, 2.05) is 0 Å². The molecule has 0 radical (unpaired) electrons. The zero-order valence-electron chi connectivity index (χ0n) is 54.2. The minimum atomic E-state index is -0.805. The third kappa shape index (κ3) is 68.2. The van der Waals surface area contributed by atoms with E-state index in [0.29, 0.717) is 19.3 Å². The van der Waals surface area contributed by atoms with Crippen molar-refractivity contribution in [2.45, 2.75) is 322 Å². The van der Waals surface area contributed by atoms with Crippen LogP contribution in [0.15, 0.2) is 134 Å². The molecular weight excluding hydrogens is 1020 g/mol. The molecule has 0 saturated carbocycles. The lowest BCUT2D eigenvalue weighted by Crippen LogP contribution is -2.30. The molecule has 0 aromatic rings. The molecule has 1 unspecified atom stereocenters. The summed E-state index contributed by atoms with van der Waals surface area (Å²) in [5.41, 5.74) is 0. The van der Waals surface area contributed by atoms with Gasteiger partial charge in [-0.3, -0.25) is 14.4 Å². The van der Waals surface area contributed by atoms with Crippen LogP contribution in [0.1, 0.15) is 316 Å². The molecule has 6 nitrogen and oxygen atoms in total. The predicted octanol–water partition coefficient (Wildman–Crippen LogP) is 24.1. The normalized spacial score (nSPS) is 13.0. The summed E-state index contributed by atoms with van der Waals surface area (Å²) in [5.74, 6) is -0.937. The van der Waals surface area contributed by atoms with Crippen molar-refractivity contribution < 1.29 is 28.6 Å². The number of carbonyl (C=O) groups is 3. The number of hydrogen-bond donors (Lipinski definition) is 0. The summed E-state index contributed by atoms with van der Waals surface area (Å²) in [6, 6.07) is 0. The minimum Gasteiger partial charge on any atom is -0.462 e. The van der Waals surface area contributed by atoms with Gasteiger partial charge in [0.2, 0.25) is 0 Å². The van der Waals surface area contributed by atoms with Crippen LogP contribution < -0.4 is 0 Å². The average Bonchev–Trinajstić information content (AvgIpc) is 3.49. The Labute approximate surface area is 513 Å². The molecule has 0 aliphatic carbocycles. The summed E-state index contributed by atoms with van der Waals surface area (Å²) >= 11 is 0. The molecular formula is C77H128O6. The maximum absolute atomic E-state index is 13.0. The standard InChI is InChI=1S/C77H128O6/c1-4-7-10-13-16-19-22-25-28-30-32-34-36-38-40-42-44-46-49-52-55-58-61-64-67-70-76(79)82-73-74(72-81-75(78)69-66-63-60-57-54-51-48-27-24-21-18-15-12-9-6-3)83-77(80)71-68-65-62-59-56-53-50-47-45-43-41-39-37-35-33-31-29-26-23-20-17-14-11-8-5-2/h7,10,16,19,23,25-28,31-34,37-40,44,46,48,52,55,74H,4-6,8-9,11-15,17-18,20-22,24,29-30,35-36,41-43,45,47,49-51,53-54,56-73H2,1-3H3/b10-7-,19-16-,26-23-,28-25-,33-31-,34-32-,39-37-,40-38-,46-44-,48-27-,55-52-. The Morgan fingerprint density at radius 2 is 0.470 bits per heavy atom. The predicted molar refractivity (Wildman–Crippen MR) is 362 cm³/mol. The van der Waals surface area contributed by atoms with Crippen molar-refractivity contribution in [1.82, 2.24) is 0 Å². The van der Waals surface area contributed by atoms with Crippen LogP contribution in [0.25, 0.3) is 0 Å². The van der Waals surface area contributed by atoms with Crippen molar-refractivity contribution in [3.05, 3.63) is 134 Å². The van der Waals surface area contributed by atoms with Crippen molar-refractivity contribution in [3.63, 3.8) is 0 Å². The lowest BCUT2D eigenvalue weighted by Gasteiger charge is -2.18. The van der Waals surface area contributed by atoms with Crippen LogP contribution in [-0.4, -0.2) is 37.2 Å². The smallest absolute Gasteiger partial charge is 0.306 e. The number of ether oxygens (including phenoxy) is 3. The molecule has 83 heavy (non-hydrogen) atoms. The van der Waals surface area contributed by atoms with E-state index in [2.05, 4.69) is 154 Å². The number of unbranched alkanes of at least 4 members (excludes halogenated alkanes) is 29. The van der Waals surface area contributed by atoms with Crippen LogP contribution in [-0.2, 0) is 28.6 Å².